The van der Waals surface area contributed by atoms with E-state index in [1.807, 2.05) is 6.92 Å². The van der Waals surface area contributed by atoms with Crippen molar-refractivity contribution >= 4 is 5.97 Å². The van der Waals surface area contributed by atoms with Crippen LogP contribution in [0, 0.1) is 12.8 Å². The number of hydrogen-bond acceptors (Lipinski definition) is 2. The molecule has 2 rings (SSSR count). The van der Waals surface area contributed by atoms with Crippen LogP contribution in [0.2, 0.25) is 0 Å². The highest BCUT2D eigenvalue weighted by atomic mass is 16.4. The standard InChI is InChI=1S/C14H19NO2/c1-10-3-5-12(6-4-10)9-15-8-7-11(2)13(15)14(16)17/h3-6,11,13H,7-9H2,1-2H3,(H,16,17). The van der Waals surface area contributed by atoms with Gasteiger partial charge in [-0.15, -0.1) is 0 Å². The van der Waals surface area contributed by atoms with Crippen molar-refractivity contribution in [2.45, 2.75) is 32.9 Å². The van der Waals surface area contributed by atoms with E-state index in [0.29, 0.717) is 0 Å². The summed E-state index contributed by atoms with van der Waals surface area (Å²) >= 11 is 0. The van der Waals surface area contributed by atoms with Crippen LogP contribution < -0.4 is 0 Å². The van der Waals surface area contributed by atoms with Crippen molar-refractivity contribution in [1.29, 1.82) is 0 Å². The van der Waals surface area contributed by atoms with Gasteiger partial charge < -0.3 is 5.11 Å². The lowest BCUT2D eigenvalue weighted by Crippen LogP contribution is -2.38. The monoisotopic (exact) mass is 233 g/mol. The molecule has 3 heteroatoms. The van der Waals surface area contributed by atoms with Gasteiger partial charge in [0.2, 0.25) is 0 Å². The molecule has 2 unspecified atom stereocenters. The van der Waals surface area contributed by atoms with E-state index in [-0.39, 0.29) is 12.0 Å². The van der Waals surface area contributed by atoms with Gasteiger partial charge in [0.05, 0.1) is 0 Å². The van der Waals surface area contributed by atoms with Crippen LogP contribution in [0.15, 0.2) is 24.3 Å². The van der Waals surface area contributed by atoms with Crippen molar-refractivity contribution in [3.05, 3.63) is 35.4 Å². The maximum Gasteiger partial charge on any atom is 0.321 e. The van der Waals surface area contributed by atoms with Gasteiger partial charge in [0.1, 0.15) is 6.04 Å². The van der Waals surface area contributed by atoms with Gasteiger partial charge in [-0.3, -0.25) is 9.69 Å². The third kappa shape index (κ3) is 2.67. The van der Waals surface area contributed by atoms with Crippen LogP contribution in [0.25, 0.3) is 0 Å². The molecule has 0 aromatic heterocycles. The number of benzene rings is 1. The molecule has 1 fully saturated rings. The molecule has 3 nitrogen and oxygen atoms in total. The van der Waals surface area contributed by atoms with Crippen LogP contribution in [0.3, 0.4) is 0 Å². The molecule has 1 heterocycles. The number of carboxylic acid groups (broad SMARTS) is 1. The molecule has 1 aromatic carbocycles. The predicted octanol–water partition coefficient (Wildman–Crippen LogP) is 2.29. The zero-order valence-corrected chi connectivity index (χ0v) is 10.4. The smallest absolute Gasteiger partial charge is 0.321 e. The molecule has 1 aliphatic heterocycles. The third-order valence-electron chi connectivity index (χ3n) is 3.56. The highest BCUT2D eigenvalue weighted by Crippen LogP contribution is 2.25. The fourth-order valence-electron chi connectivity index (χ4n) is 2.53. The molecule has 1 saturated heterocycles. The summed E-state index contributed by atoms with van der Waals surface area (Å²) in [7, 11) is 0. The Hall–Kier alpha value is -1.35. The molecule has 1 aromatic rings. The molecule has 1 N–H and O–H groups in total. The van der Waals surface area contributed by atoms with E-state index < -0.39 is 5.97 Å². The summed E-state index contributed by atoms with van der Waals surface area (Å²) in [5.41, 5.74) is 2.43. The van der Waals surface area contributed by atoms with Gasteiger partial charge in [-0.25, -0.2) is 0 Å². The van der Waals surface area contributed by atoms with E-state index in [0.717, 1.165) is 19.5 Å². The summed E-state index contributed by atoms with van der Waals surface area (Å²) in [5.74, 6) is -0.444. The number of carboxylic acids is 1. The van der Waals surface area contributed by atoms with Crippen molar-refractivity contribution in [1.82, 2.24) is 4.90 Å². The maximum absolute atomic E-state index is 11.2. The molecule has 2 atom stereocenters. The summed E-state index contributed by atoms with van der Waals surface area (Å²) < 4.78 is 0. The third-order valence-corrected chi connectivity index (χ3v) is 3.56. The minimum atomic E-state index is -0.692. The Kier molecular flexibility index (Phi) is 3.48. The number of nitrogens with zero attached hydrogens (tertiary/aromatic N) is 1. The van der Waals surface area contributed by atoms with Crippen LogP contribution in [0.1, 0.15) is 24.5 Å². The van der Waals surface area contributed by atoms with Gasteiger partial charge in [0, 0.05) is 6.54 Å². The highest BCUT2D eigenvalue weighted by molar-refractivity contribution is 5.74. The Bertz CT molecular complexity index is 399. The number of aliphatic carboxylic acids is 1. The number of hydrogen-bond donors (Lipinski definition) is 1. The summed E-state index contributed by atoms with van der Waals surface area (Å²) in [5, 5.41) is 9.23. The first-order valence-corrected chi connectivity index (χ1v) is 6.10. The molecular formula is C14H19NO2. The topological polar surface area (TPSA) is 40.5 Å². The molecule has 92 valence electrons. The van der Waals surface area contributed by atoms with Crippen molar-refractivity contribution in [3.8, 4) is 0 Å². The van der Waals surface area contributed by atoms with Crippen LogP contribution in [-0.4, -0.2) is 28.6 Å². The van der Waals surface area contributed by atoms with Crippen LogP contribution in [-0.2, 0) is 11.3 Å². The molecular weight excluding hydrogens is 214 g/mol. The zero-order chi connectivity index (χ0) is 12.4. The quantitative estimate of drug-likeness (QED) is 0.870. The predicted molar refractivity (Wildman–Crippen MR) is 66.8 cm³/mol. The SMILES string of the molecule is Cc1ccc(CN2CCC(C)C2C(=O)O)cc1. The van der Waals surface area contributed by atoms with Crippen LogP contribution in [0.5, 0.6) is 0 Å². The Morgan fingerprint density at radius 1 is 1.41 bits per heavy atom. The second kappa shape index (κ2) is 4.88. The summed E-state index contributed by atoms with van der Waals surface area (Å²) in [6.45, 7) is 5.70. The first-order chi connectivity index (χ1) is 8.08. The van der Waals surface area contributed by atoms with E-state index in [1.165, 1.54) is 11.1 Å². The number of rotatable bonds is 3. The van der Waals surface area contributed by atoms with E-state index in [4.69, 9.17) is 0 Å². The van der Waals surface area contributed by atoms with Crippen molar-refractivity contribution < 1.29 is 9.90 Å². The lowest BCUT2D eigenvalue weighted by molar-refractivity contribution is -0.143. The second-order valence-electron chi connectivity index (χ2n) is 5.01. The summed E-state index contributed by atoms with van der Waals surface area (Å²) in [6.07, 6.45) is 0.975. The second-order valence-corrected chi connectivity index (χ2v) is 5.01. The Morgan fingerprint density at radius 3 is 2.65 bits per heavy atom. The molecule has 0 bridgehead atoms. The van der Waals surface area contributed by atoms with E-state index >= 15 is 0 Å². The normalized spacial score (nSPS) is 25.1. The number of likely N-dealkylation sites (tertiary alicyclic amines) is 1. The average Bonchev–Trinajstić information content (AvgIpc) is 2.63. The maximum atomic E-state index is 11.2. The minimum Gasteiger partial charge on any atom is -0.480 e. The van der Waals surface area contributed by atoms with E-state index in [1.54, 1.807) is 0 Å². The average molecular weight is 233 g/mol. The molecule has 0 radical (unpaired) electrons. The molecule has 1 aliphatic rings. The van der Waals surface area contributed by atoms with Gasteiger partial charge in [0.15, 0.2) is 0 Å². The van der Waals surface area contributed by atoms with Crippen LogP contribution in [0.4, 0.5) is 0 Å². The Balaban J connectivity index is 2.08. The largest absolute Gasteiger partial charge is 0.480 e. The Labute approximate surface area is 102 Å². The fourth-order valence-corrected chi connectivity index (χ4v) is 2.53. The van der Waals surface area contributed by atoms with Crippen molar-refractivity contribution in [3.63, 3.8) is 0 Å². The molecule has 0 amide bonds. The molecule has 0 saturated carbocycles. The fraction of sp³-hybridized carbons (Fsp3) is 0.500. The molecule has 17 heavy (non-hydrogen) atoms. The van der Waals surface area contributed by atoms with E-state index in [2.05, 4.69) is 36.1 Å². The lowest BCUT2D eigenvalue weighted by Gasteiger charge is -2.23. The number of carbonyl (C=O) groups is 1. The van der Waals surface area contributed by atoms with Gasteiger partial charge in [-0.1, -0.05) is 36.8 Å². The summed E-state index contributed by atoms with van der Waals surface area (Å²) in [4.78, 5) is 13.3. The lowest BCUT2D eigenvalue weighted by atomic mass is 10.0. The van der Waals surface area contributed by atoms with Crippen molar-refractivity contribution in [2.24, 2.45) is 5.92 Å². The minimum absolute atomic E-state index is 0.248. The van der Waals surface area contributed by atoms with Gasteiger partial charge >= 0.3 is 5.97 Å². The van der Waals surface area contributed by atoms with Gasteiger partial charge in [-0.05, 0) is 31.4 Å². The highest BCUT2D eigenvalue weighted by Gasteiger charge is 2.36. The first-order valence-electron chi connectivity index (χ1n) is 6.10. The van der Waals surface area contributed by atoms with Crippen LogP contribution >= 0.6 is 0 Å². The zero-order valence-electron chi connectivity index (χ0n) is 10.4. The summed E-state index contributed by atoms with van der Waals surface area (Å²) in [6, 6.07) is 7.99. The van der Waals surface area contributed by atoms with Gasteiger partial charge in [0.25, 0.3) is 0 Å². The van der Waals surface area contributed by atoms with E-state index in [9.17, 15) is 9.90 Å². The molecule has 0 aliphatic carbocycles. The Morgan fingerprint density at radius 2 is 2.06 bits per heavy atom. The van der Waals surface area contributed by atoms with Gasteiger partial charge in [-0.2, -0.15) is 0 Å². The molecule has 0 spiro atoms. The number of aryl methyl sites for hydroxylation is 1. The van der Waals surface area contributed by atoms with Crippen molar-refractivity contribution in [2.75, 3.05) is 6.54 Å². The first kappa shape index (κ1) is 12.1.